The Morgan fingerprint density at radius 3 is 2.16 bits per heavy atom. The maximum absolute atomic E-state index is 12.3. The number of hydrogen-bond acceptors (Lipinski definition) is 4. The molecule has 0 saturated carbocycles. The van der Waals surface area contributed by atoms with E-state index in [-0.39, 0.29) is 23.7 Å². The second-order valence-electron chi connectivity index (χ2n) is 5.90. The van der Waals surface area contributed by atoms with Gasteiger partial charge in [-0.3, -0.25) is 10.1 Å². The summed E-state index contributed by atoms with van der Waals surface area (Å²) in [6.45, 7) is 4.03. The molecule has 0 spiro atoms. The van der Waals surface area contributed by atoms with Gasteiger partial charge in [0.15, 0.2) is 0 Å². The van der Waals surface area contributed by atoms with Crippen LogP contribution in [0.3, 0.4) is 0 Å². The average molecular weight is 343 g/mol. The van der Waals surface area contributed by atoms with Crippen molar-refractivity contribution in [2.24, 2.45) is 5.92 Å². The molecule has 2 N–H and O–H groups in total. The minimum atomic E-state index is -0.484. The summed E-state index contributed by atoms with van der Waals surface area (Å²) in [6, 6.07) is 12.7. The molecule has 7 nitrogen and oxygen atoms in total. The highest BCUT2D eigenvalue weighted by Crippen LogP contribution is 2.24. The summed E-state index contributed by atoms with van der Waals surface area (Å²) in [5, 5.41) is 16.3. The zero-order valence-electron chi connectivity index (χ0n) is 14.4. The molecule has 0 bridgehead atoms. The Labute approximate surface area is 146 Å². The number of rotatable bonds is 6. The van der Waals surface area contributed by atoms with E-state index in [0.29, 0.717) is 5.69 Å². The van der Waals surface area contributed by atoms with Crippen molar-refractivity contribution in [2.45, 2.75) is 19.9 Å². The second-order valence-corrected chi connectivity index (χ2v) is 5.90. The van der Waals surface area contributed by atoms with Crippen LogP contribution in [-0.2, 0) is 0 Å². The predicted octanol–water partition coefficient (Wildman–Crippen LogP) is 4.12. The molecule has 2 rings (SSSR count). The number of nitro groups is 1. The van der Waals surface area contributed by atoms with E-state index in [9.17, 15) is 14.9 Å². The second kappa shape index (κ2) is 8.14. The van der Waals surface area contributed by atoms with Crippen molar-refractivity contribution in [1.82, 2.24) is 5.32 Å². The number of carbonyl (C=O) groups excluding carboxylic acids is 1. The lowest BCUT2D eigenvalue weighted by Gasteiger charge is -2.23. The molecule has 0 saturated heterocycles. The number of carbonyl (C=O) groups is 1. The normalized spacial score (nSPS) is 11.7. The number of ether oxygens (including phenoxy) is 1. The molecule has 0 fully saturated rings. The van der Waals surface area contributed by atoms with Crippen molar-refractivity contribution in [2.75, 3.05) is 12.4 Å². The summed E-state index contributed by atoms with van der Waals surface area (Å²) < 4.78 is 5.15. The average Bonchev–Trinajstić information content (AvgIpc) is 2.60. The summed E-state index contributed by atoms with van der Waals surface area (Å²) in [5.41, 5.74) is 1.43. The van der Waals surface area contributed by atoms with Crippen LogP contribution < -0.4 is 15.4 Å². The van der Waals surface area contributed by atoms with E-state index in [1.807, 2.05) is 38.1 Å². The molecule has 0 aliphatic carbocycles. The highest BCUT2D eigenvalue weighted by Gasteiger charge is 2.18. The van der Waals surface area contributed by atoms with Crippen molar-refractivity contribution >= 4 is 17.4 Å². The Kier molecular flexibility index (Phi) is 5.94. The van der Waals surface area contributed by atoms with Crippen molar-refractivity contribution in [3.8, 4) is 5.75 Å². The summed E-state index contributed by atoms with van der Waals surface area (Å²) in [7, 11) is 1.60. The molecule has 132 valence electrons. The van der Waals surface area contributed by atoms with Gasteiger partial charge in [0.2, 0.25) is 0 Å². The molecule has 2 amide bonds. The minimum Gasteiger partial charge on any atom is -0.497 e. The first-order valence-corrected chi connectivity index (χ1v) is 7.86. The number of amides is 2. The van der Waals surface area contributed by atoms with Gasteiger partial charge in [0.25, 0.3) is 5.69 Å². The molecule has 0 aliphatic heterocycles. The molecule has 0 aromatic heterocycles. The van der Waals surface area contributed by atoms with E-state index in [4.69, 9.17) is 4.74 Å². The third-order valence-electron chi connectivity index (χ3n) is 3.76. The Bertz CT molecular complexity index is 727. The Morgan fingerprint density at radius 1 is 1.08 bits per heavy atom. The van der Waals surface area contributed by atoms with Gasteiger partial charge in [0.05, 0.1) is 18.1 Å². The van der Waals surface area contributed by atoms with Crippen LogP contribution in [0.5, 0.6) is 5.75 Å². The van der Waals surface area contributed by atoms with Crippen LogP contribution >= 0.6 is 0 Å². The molecule has 2 aromatic rings. The van der Waals surface area contributed by atoms with Crippen LogP contribution in [0.4, 0.5) is 16.2 Å². The van der Waals surface area contributed by atoms with Crippen molar-refractivity contribution in [1.29, 1.82) is 0 Å². The quantitative estimate of drug-likeness (QED) is 0.609. The van der Waals surface area contributed by atoms with Crippen molar-refractivity contribution < 1.29 is 14.5 Å². The fourth-order valence-electron chi connectivity index (χ4n) is 2.42. The Morgan fingerprint density at radius 2 is 1.68 bits per heavy atom. The first kappa shape index (κ1) is 18.3. The van der Waals surface area contributed by atoms with Gasteiger partial charge in [-0.25, -0.2) is 4.79 Å². The van der Waals surface area contributed by atoms with Crippen LogP contribution in [0.1, 0.15) is 25.5 Å². The van der Waals surface area contributed by atoms with Crippen molar-refractivity contribution in [3.63, 3.8) is 0 Å². The maximum Gasteiger partial charge on any atom is 0.319 e. The summed E-state index contributed by atoms with van der Waals surface area (Å²) >= 11 is 0. The van der Waals surface area contributed by atoms with E-state index in [1.165, 1.54) is 24.3 Å². The molecule has 2 aromatic carbocycles. The zero-order chi connectivity index (χ0) is 18.4. The van der Waals surface area contributed by atoms with Crippen LogP contribution in [0.25, 0.3) is 0 Å². The van der Waals surface area contributed by atoms with E-state index in [0.717, 1.165) is 11.3 Å². The Hall–Kier alpha value is -3.09. The standard InChI is InChI=1S/C18H21N3O4/c1-12(2)17(13-4-10-16(25-3)11-5-13)20-18(22)19-14-6-8-15(9-7-14)21(23)24/h4-12,17H,1-3H3,(H2,19,20,22). The number of methoxy groups -OCH3 is 1. The number of nitro benzene ring substituents is 1. The molecule has 25 heavy (non-hydrogen) atoms. The van der Waals surface area contributed by atoms with Crippen LogP contribution in [-0.4, -0.2) is 18.1 Å². The van der Waals surface area contributed by atoms with Gasteiger partial charge in [-0.1, -0.05) is 26.0 Å². The first-order chi connectivity index (χ1) is 11.9. The lowest BCUT2D eigenvalue weighted by Crippen LogP contribution is -2.35. The maximum atomic E-state index is 12.3. The molecular formula is C18H21N3O4. The number of benzene rings is 2. The minimum absolute atomic E-state index is 0.0238. The van der Waals surface area contributed by atoms with Crippen LogP contribution in [0, 0.1) is 16.0 Å². The monoisotopic (exact) mass is 343 g/mol. The number of nitrogens with one attached hydrogen (secondary N) is 2. The summed E-state index contributed by atoms with van der Waals surface area (Å²) in [5.74, 6) is 0.928. The number of anilines is 1. The molecule has 0 heterocycles. The predicted molar refractivity (Wildman–Crippen MR) is 95.8 cm³/mol. The lowest BCUT2D eigenvalue weighted by molar-refractivity contribution is -0.384. The van der Waals surface area contributed by atoms with E-state index in [1.54, 1.807) is 7.11 Å². The molecule has 1 atom stereocenters. The number of hydrogen-bond donors (Lipinski definition) is 2. The van der Waals surface area contributed by atoms with Gasteiger partial charge < -0.3 is 15.4 Å². The van der Waals surface area contributed by atoms with Gasteiger partial charge in [-0.2, -0.15) is 0 Å². The van der Waals surface area contributed by atoms with E-state index in [2.05, 4.69) is 10.6 Å². The topological polar surface area (TPSA) is 93.5 Å². The van der Waals surface area contributed by atoms with Gasteiger partial charge in [-0.15, -0.1) is 0 Å². The molecule has 1 unspecified atom stereocenters. The summed E-state index contributed by atoms with van der Waals surface area (Å²) in [4.78, 5) is 22.4. The van der Waals surface area contributed by atoms with Crippen LogP contribution in [0.15, 0.2) is 48.5 Å². The molecule has 7 heteroatoms. The smallest absolute Gasteiger partial charge is 0.319 e. The highest BCUT2D eigenvalue weighted by molar-refractivity contribution is 5.89. The first-order valence-electron chi connectivity index (χ1n) is 7.86. The number of urea groups is 1. The van der Waals surface area contributed by atoms with Crippen LogP contribution in [0.2, 0.25) is 0 Å². The third-order valence-corrected chi connectivity index (χ3v) is 3.76. The Balaban J connectivity index is 2.05. The van der Waals surface area contributed by atoms with Crippen molar-refractivity contribution in [3.05, 3.63) is 64.2 Å². The fraction of sp³-hybridized carbons (Fsp3) is 0.278. The molecule has 0 aliphatic rings. The molecule has 0 radical (unpaired) electrons. The molecular weight excluding hydrogens is 322 g/mol. The number of non-ortho nitro benzene ring substituents is 1. The van der Waals surface area contributed by atoms with E-state index < -0.39 is 4.92 Å². The fourth-order valence-corrected chi connectivity index (χ4v) is 2.42. The third kappa shape index (κ3) is 4.94. The van der Waals surface area contributed by atoms with Gasteiger partial charge in [0.1, 0.15) is 5.75 Å². The van der Waals surface area contributed by atoms with Gasteiger partial charge in [-0.05, 0) is 35.7 Å². The lowest BCUT2D eigenvalue weighted by atomic mass is 9.96. The largest absolute Gasteiger partial charge is 0.497 e. The number of nitrogens with zero attached hydrogens (tertiary/aromatic N) is 1. The van der Waals surface area contributed by atoms with E-state index >= 15 is 0 Å². The van der Waals surface area contributed by atoms with Gasteiger partial charge >= 0.3 is 6.03 Å². The zero-order valence-corrected chi connectivity index (χ0v) is 14.4. The SMILES string of the molecule is COc1ccc(C(NC(=O)Nc2ccc([N+](=O)[O-])cc2)C(C)C)cc1. The van der Waals surface area contributed by atoms with Gasteiger partial charge in [0, 0.05) is 17.8 Å². The highest BCUT2D eigenvalue weighted by atomic mass is 16.6. The summed E-state index contributed by atoms with van der Waals surface area (Å²) in [6.07, 6.45) is 0.